The molecule has 0 fully saturated rings. The van der Waals surface area contributed by atoms with E-state index in [0.717, 1.165) is 24.5 Å². The Labute approximate surface area is 143 Å². The fourth-order valence-electron chi connectivity index (χ4n) is 3.03. The van der Waals surface area contributed by atoms with Gasteiger partial charge in [-0.3, -0.25) is 0 Å². The van der Waals surface area contributed by atoms with E-state index in [1.165, 1.54) is 22.2 Å². The fourth-order valence-corrected chi connectivity index (χ4v) is 3.03. The number of fused-ring (bicyclic) bond motifs is 1. The topological polar surface area (TPSA) is 26.6 Å². The minimum atomic E-state index is 0.883. The average Bonchev–Trinajstić information content (AvgIpc) is 2.95. The summed E-state index contributed by atoms with van der Waals surface area (Å²) in [6.07, 6.45) is 3.19. The summed E-state index contributed by atoms with van der Waals surface area (Å²) in [7, 11) is 7.60. The van der Waals surface area contributed by atoms with Gasteiger partial charge < -0.3 is 18.9 Å². The highest BCUT2D eigenvalue weighted by Gasteiger charge is 2.09. The van der Waals surface area contributed by atoms with Crippen LogP contribution in [0.25, 0.3) is 10.9 Å². The first-order valence-electron chi connectivity index (χ1n) is 8.09. The van der Waals surface area contributed by atoms with Crippen LogP contribution in [0, 0.1) is 0 Å². The van der Waals surface area contributed by atoms with Crippen molar-refractivity contribution in [2.75, 3.05) is 32.7 Å². The van der Waals surface area contributed by atoms with E-state index < -0.39 is 0 Å². The highest BCUT2D eigenvalue weighted by atomic mass is 16.5. The van der Waals surface area contributed by atoms with Crippen molar-refractivity contribution in [3.8, 4) is 11.5 Å². The van der Waals surface area contributed by atoms with E-state index in [2.05, 4.69) is 54.0 Å². The van der Waals surface area contributed by atoms with E-state index in [0.29, 0.717) is 0 Å². The zero-order valence-electron chi connectivity index (χ0n) is 14.7. The van der Waals surface area contributed by atoms with Gasteiger partial charge in [-0.05, 0) is 54.4 Å². The molecule has 0 saturated heterocycles. The molecule has 3 rings (SSSR count). The summed E-state index contributed by atoms with van der Waals surface area (Å²) in [5.74, 6) is 1.78. The maximum absolute atomic E-state index is 5.37. The van der Waals surface area contributed by atoms with Gasteiger partial charge in [-0.2, -0.15) is 0 Å². The summed E-state index contributed by atoms with van der Waals surface area (Å²) in [4.78, 5) is 2.26. The van der Waals surface area contributed by atoms with E-state index in [1.807, 2.05) is 18.2 Å². The summed E-state index contributed by atoms with van der Waals surface area (Å²) in [6.45, 7) is 0.947. The Morgan fingerprint density at radius 1 is 0.958 bits per heavy atom. The lowest BCUT2D eigenvalue weighted by atomic mass is 10.1. The molecule has 0 amide bonds. The molecule has 4 nitrogen and oxygen atoms in total. The van der Waals surface area contributed by atoms with Crippen molar-refractivity contribution in [3.63, 3.8) is 0 Å². The predicted octanol–water partition coefficient (Wildman–Crippen LogP) is 3.87. The third-order valence-electron chi connectivity index (χ3n) is 4.51. The van der Waals surface area contributed by atoms with Crippen LogP contribution in [-0.4, -0.2) is 32.4 Å². The number of methoxy groups -OCH3 is 2. The normalized spacial score (nSPS) is 10.8. The van der Waals surface area contributed by atoms with E-state index in [9.17, 15) is 0 Å². The summed E-state index contributed by atoms with van der Waals surface area (Å²) >= 11 is 0. The van der Waals surface area contributed by atoms with Crippen LogP contribution in [0.5, 0.6) is 11.5 Å². The van der Waals surface area contributed by atoms with Crippen LogP contribution in [0.2, 0.25) is 0 Å². The molecular weight excluding hydrogens is 300 g/mol. The van der Waals surface area contributed by atoms with Crippen LogP contribution >= 0.6 is 0 Å². The summed E-state index contributed by atoms with van der Waals surface area (Å²) < 4.78 is 12.8. The lowest BCUT2D eigenvalue weighted by molar-refractivity contribution is 0.415. The van der Waals surface area contributed by atoms with E-state index >= 15 is 0 Å². The fraction of sp³-hybridized carbons (Fsp3) is 0.300. The molecule has 0 N–H and O–H groups in total. The van der Waals surface area contributed by atoms with Crippen molar-refractivity contribution in [3.05, 3.63) is 54.2 Å². The third-order valence-corrected chi connectivity index (χ3v) is 4.51. The number of hydrogen-bond acceptors (Lipinski definition) is 3. The monoisotopic (exact) mass is 324 g/mol. The second-order valence-electron chi connectivity index (χ2n) is 6.02. The van der Waals surface area contributed by atoms with E-state index in [1.54, 1.807) is 14.2 Å². The molecule has 0 radical (unpaired) electrons. The molecule has 0 aliphatic carbocycles. The Kier molecular flexibility index (Phi) is 4.65. The molecule has 0 atom stereocenters. The lowest BCUT2D eigenvalue weighted by Crippen LogP contribution is -2.20. The molecule has 1 heterocycles. The smallest absolute Gasteiger partial charge is 0.119 e. The molecule has 24 heavy (non-hydrogen) atoms. The van der Waals surface area contributed by atoms with Crippen LogP contribution in [0.15, 0.2) is 48.7 Å². The number of nitrogens with zero attached hydrogens (tertiary/aromatic N) is 2. The summed E-state index contributed by atoms with van der Waals surface area (Å²) in [6, 6.07) is 14.4. The van der Waals surface area contributed by atoms with Crippen LogP contribution in [-0.2, 0) is 13.5 Å². The van der Waals surface area contributed by atoms with Crippen LogP contribution < -0.4 is 14.4 Å². The molecule has 126 valence electrons. The molecule has 0 bridgehead atoms. The molecular formula is C20H24N2O2. The van der Waals surface area contributed by atoms with Crippen molar-refractivity contribution >= 4 is 16.6 Å². The highest BCUT2D eigenvalue weighted by molar-refractivity contribution is 5.85. The Morgan fingerprint density at radius 3 is 2.29 bits per heavy atom. The van der Waals surface area contributed by atoms with Crippen LogP contribution in [0.1, 0.15) is 5.56 Å². The standard InChI is InChI=1S/C20H24N2O2/c1-21(16-5-7-17(23-3)8-6-16)12-11-15-14-22(2)20-10-9-18(24-4)13-19(15)20/h5-10,13-14H,11-12H2,1-4H3. The molecule has 3 aromatic rings. The molecule has 0 spiro atoms. The maximum atomic E-state index is 5.37. The summed E-state index contributed by atoms with van der Waals surface area (Å²) in [5, 5.41) is 1.26. The van der Waals surface area contributed by atoms with Gasteiger partial charge in [0.15, 0.2) is 0 Å². The first-order chi connectivity index (χ1) is 11.6. The highest BCUT2D eigenvalue weighted by Crippen LogP contribution is 2.26. The van der Waals surface area contributed by atoms with Crippen molar-refractivity contribution in [1.82, 2.24) is 4.57 Å². The van der Waals surface area contributed by atoms with E-state index in [4.69, 9.17) is 9.47 Å². The van der Waals surface area contributed by atoms with Crippen LogP contribution in [0.3, 0.4) is 0 Å². The Balaban J connectivity index is 1.77. The number of rotatable bonds is 6. The molecule has 2 aromatic carbocycles. The van der Waals surface area contributed by atoms with E-state index in [-0.39, 0.29) is 0 Å². The number of ether oxygens (including phenoxy) is 2. The molecule has 0 saturated carbocycles. The summed E-state index contributed by atoms with van der Waals surface area (Å²) in [5.41, 5.74) is 3.76. The number of benzene rings is 2. The van der Waals surface area contributed by atoms with Gasteiger partial charge in [-0.25, -0.2) is 0 Å². The Hall–Kier alpha value is -2.62. The molecule has 0 unspecified atom stereocenters. The lowest BCUT2D eigenvalue weighted by Gasteiger charge is -2.19. The number of aromatic nitrogens is 1. The zero-order valence-corrected chi connectivity index (χ0v) is 14.7. The SMILES string of the molecule is COc1ccc(N(C)CCc2cn(C)c3ccc(OC)cc23)cc1. The minimum Gasteiger partial charge on any atom is -0.497 e. The van der Waals surface area contributed by atoms with Gasteiger partial charge in [0.05, 0.1) is 14.2 Å². The van der Waals surface area contributed by atoms with Gasteiger partial charge in [-0.1, -0.05) is 0 Å². The van der Waals surface area contributed by atoms with Gasteiger partial charge in [0, 0.05) is 43.4 Å². The third kappa shape index (κ3) is 3.18. The number of likely N-dealkylation sites (N-methyl/N-ethyl adjacent to an activating group) is 1. The first kappa shape index (κ1) is 16.2. The Morgan fingerprint density at radius 2 is 1.62 bits per heavy atom. The largest absolute Gasteiger partial charge is 0.497 e. The molecule has 0 aliphatic rings. The van der Waals surface area contributed by atoms with Crippen molar-refractivity contribution in [2.45, 2.75) is 6.42 Å². The van der Waals surface area contributed by atoms with Crippen molar-refractivity contribution < 1.29 is 9.47 Å². The van der Waals surface area contributed by atoms with Crippen molar-refractivity contribution in [1.29, 1.82) is 0 Å². The van der Waals surface area contributed by atoms with Gasteiger partial charge in [-0.15, -0.1) is 0 Å². The van der Waals surface area contributed by atoms with Crippen molar-refractivity contribution in [2.24, 2.45) is 7.05 Å². The van der Waals surface area contributed by atoms with Gasteiger partial charge in [0.2, 0.25) is 0 Å². The number of hydrogen-bond donors (Lipinski definition) is 0. The Bertz CT molecular complexity index is 822. The number of aryl methyl sites for hydroxylation is 1. The minimum absolute atomic E-state index is 0.883. The molecule has 1 aromatic heterocycles. The van der Waals surface area contributed by atoms with Gasteiger partial charge in [0.25, 0.3) is 0 Å². The number of anilines is 1. The molecule has 0 aliphatic heterocycles. The second kappa shape index (κ2) is 6.87. The van der Waals surface area contributed by atoms with Gasteiger partial charge >= 0.3 is 0 Å². The predicted molar refractivity (Wildman–Crippen MR) is 99.4 cm³/mol. The molecule has 4 heteroatoms. The van der Waals surface area contributed by atoms with Gasteiger partial charge in [0.1, 0.15) is 11.5 Å². The second-order valence-corrected chi connectivity index (χ2v) is 6.02. The first-order valence-corrected chi connectivity index (χ1v) is 8.09. The quantitative estimate of drug-likeness (QED) is 0.688. The zero-order chi connectivity index (χ0) is 17.1. The van der Waals surface area contributed by atoms with Crippen LogP contribution in [0.4, 0.5) is 5.69 Å². The maximum Gasteiger partial charge on any atom is 0.119 e. The average molecular weight is 324 g/mol.